The number of rotatable bonds is 1. The molecule has 0 heterocycles. The normalized spacial score (nSPS) is 9.79. The van der Waals surface area contributed by atoms with Gasteiger partial charge in [-0.25, -0.2) is 0 Å². The molecule has 0 radical (unpaired) electrons. The van der Waals surface area contributed by atoms with Crippen molar-refractivity contribution in [2.24, 2.45) is 0 Å². The van der Waals surface area contributed by atoms with Gasteiger partial charge in [-0.05, 0) is 12.1 Å². The van der Waals surface area contributed by atoms with Gasteiger partial charge < -0.3 is 20.4 Å². The molecule has 0 saturated heterocycles. The van der Waals surface area contributed by atoms with Crippen LogP contribution in [-0.4, -0.2) is 20.4 Å². The molecule has 1 aromatic rings. The zero-order valence-electron chi connectivity index (χ0n) is 7.73. The van der Waals surface area contributed by atoms with Gasteiger partial charge in [0.2, 0.25) is 0 Å². The van der Waals surface area contributed by atoms with Gasteiger partial charge in [-0.15, -0.1) is 0 Å². The molecule has 0 aromatic heterocycles. The van der Waals surface area contributed by atoms with E-state index in [1.807, 2.05) is 0 Å². The van der Waals surface area contributed by atoms with Crippen molar-refractivity contribution in [2.75, 3.05) is 0 Å². The van der Waals surface area contributed by atoms with Crippen LogP contribution in [-0.2, 0) is 0 Å². The van der Waals surface area contributed by atoms with E-state index >= 15 is 0 Å². The molecule has 1 rings (SSSR count). The van der Waals surface area contributed by atoms with Gasteiger partial charge in [0.25, 0.3) is 0 Å². The van der Waals surface area contributed by atoms with Crippen LogP contribution in [0.2, 0.25) is 0 Å². The highest BCUT2D eigenvalue weighted by atomic mass is 16.3. The maximum atomic E-state index is 9.43. The van der Waals surface area contributed by atoms with Crippen LogP contribution in [0.5, 0.6) is 11.5 Å². The fraction of sp³-hybridized carbons (Fsp3) is 0.200. The van der Waals surface area contributed by atoms with E-state index < -0.39 is 0 Å². The summed E-state index contributed by atoms with van der Waals surface area (Å²) in [6.45, 7) is 1.69. The van der Waals surface area contributed by atoms with E-state index in [4.69, 9.17) is 5.11 Å². The lowest BCUT2D eigenvalue weighted by Gasteiger charge is -2.01. The minimum absolute atomic E-state index is 0.0121. The number of hydrogen-bond donors (Lipinski definition) is 4. The molecule has 0 aliphatic heterocycles. The van der Waals surface area contributed by atoms with E-state index in [2.05, 4.69) is 0 Å². The highest BCUT2D eigenvalue weighted by molar-refractivity contribution is 5.48. The first kappa shape index (κ1) is 10.2. The predicted molar refractivity (Wildman–Crippen MR) is 52.4 cm³/mol. The molecule has 0 bridgehead atoms. The minimum atomic E-state index is -0.260. The van der Waals surface area contributed by atoms with Crippen LogP contribution in [0.25, 0.3) is 12.0 Å². The SMILES string of the molecule is CCC(O)=c1c(O)cc(=CO)cc1O. The molecule has 0 spiro atoms. The number of phenolic OH excluding ortho intramolecular Hbond substituents is 2. The Morgan fingerprint density at radius 3 is 2.14 bits per heavy atom. The third-order valence-corrected chi connectivity index (χ3v) is 1.89. The Morgan fingerprint density at radius 2 is 1.79 bits per heavy atom. The van der Waals surface area contributed by atoms with E-state index in [-0.39, 0.29) is 27.7 Å². The molecule has 0 atom stereocenters. The molecule has 4 N–H and O–H groups in total. The standard InChI is InChI=1S/C10H12O4/c1-2-7(12)10-8(13)3-6(5-11)4-9(10)14/h3-5,11-14H,2H2,1H3. The maximum absolute atomic E-state index is 9.43. The second-order valence-corrected chi connectivity index (χ2v) is 2.86. The van der Waals surface area contributed by atoms with Crippen molar-refractivity contribution in [1.82, 2.24) is 0 Å². The zero-order valence-corrected chi connectivity index (χ0v) is 7.73. The Balaban J connectivity index is 3.65. The summed E-state index contributed by atoms with van der Waals surface area (Å²) in [5.41, 5.74) is 0. The number of aromatic hydroxyl groups is 2. The number of aliphatic hydroxyl groups is 2. The van der Waals surface area contributed by atoms with Gasteiger partial charge in [0, 0.05) is 11.6 Å². The first-order valence-corrected chi connectivity index (χ1v) is 4.18. The predicted octanol–water partition coefficient (Wildman–Crippen LogP) is 0.470. The van der Waals surface area contributed by atoms with Gasteiger partial charge in [-0.2, -0.15) is 0 Å². The maximum Gasteiger partial charge on any atom is 0.130 e. The number of benzene rings is 1. The number of hydrogen-bond acceptors (Lipinski definition) is 4. The molecule has 14 heavy (non-hydrogen) atoms. The van der Waals surface area contributed by atoms with Crippen LogP contribution in [0, 0.1) is 0 Å². The van der Waals surface area contributed by atoms with Crippen molar-refractivity contribution >= 4 is 12.0 Å². The Morgan fingerprint density at radius 1 is 1.29 bits per heavy atom. The van der Waals surface area contributed by atoms with Gasteiger partial charge in [-0.3, -0.25) is 0 Å². The molecular weight excluding hydrogens is 184 g/mol. The first-order valence-electron chi connectivity index (χ1n) is 4.18. The molecule has 0 aliphatic rings. The van der Waals surface area contributed by atoms with E-state index in [1.165, 1.54) is 12.1 Å². The van der Waals surface area contributed by atoms with Gasteiger partial charge >= 0.3 is 0 Å². The topological polar surface area (TPSA) is 80.9 Å². The molecule has 0 aliphatic carbocycles. The van der Waals surface area contributed by atoms with Crippen molar-refractivity contribution in [3.63, 3.8) is 0 Å². The lowest BCUT2D eigenvalue weighted by Crippen LogP contribution is -2.12. The smallest absolute Gasteiger partial charge is 0.130 e. The Labute approximate surface area is 80.7 Å². The first-order chi connectivity index (χ1) is 6.60. The molecule has 0 saturated carbocycles. The Hall–Kier alpha value is -1.84. The summed E-state index contributed by atoms with van der Waals surface area (Å²) < 4.78 is 0. The van der Waals surface area contributed by atoms with Crippen molar-refractivity contribution in [1.29, 1.82) is 0 Å². The van der Waals surface area contributed by atoms with Crippen LogP contribution < -0.4 is 10.4 Å². The molecule has 0 unspecified atom stereocenters. The van der Waals surface area contributed by atoms with Crippen molar-refractivity contribution in [3.8, 4) is 11.5 Å². The zero-order chi connectivity index (χ0) is 10.7. The largest absolute Gasteiger partial charge is 0.515 e. The summed E-state index contributed by atoms with van der Waals surface area (Å²) in [5.74, 6) is -0.612. The molecule has 4 heteroatoms. The summed E-state index contributed by atoms with van der Waals surface area (Å²) in [5, 5.41) is 37.2. The van der Waals surface area contributed by atoms with Crippen molar-refractivity contribution < 1.29 is 20.4 Å². The van der Waals surface area contributed by atoms with Crippen molar-refractivity contribution in [2.45, 2.75) is 13.3 Å². The van der Waals surface area contributed by atoms with Crippen LogP contribution >= 0.6 is 0 Å². The molecule has 4 nitrogen and oxygen atoms in total. The highest BCUT2D eigenvalue weighted by Crippen LogP contribution is 2.08. The fourth-order valence-corrected chi connectivity index (χ4v) is 1.18. The second-order valence-electron chi connectivity index (χ2n) is 2.86. The molecule has 0 amide bonds. The second kappa shape index (κ2) is 3.91. The fourth-order valence-electron chi connectivity index (χ4n) is 1.18. The third-order valence-electron chi connectivity index (χ3n) is 1.89. The van der Waals surface area contributed by atoms with E-state index in [0.29, 0.717) is 6.42 Å². The van der Waals surface area contributed by atoms with Gasteiger partial charge in [0.05, 0.1) is 11.5 Å². The third kappa shape index (κ3) is 1.74. The molecule has 0 fully saturated rings. The average Bonchev–Trinajstić information content (AvgIpc) is 2.16. The monoisotopic (exact) mass is 196 g/mol. The van der Waals surface area contributed by atoms with Crippen molar-refractivity contribution in [3.05, 3.63) is 22.6 Å². The lowest BCUT2D eigenvalue weighted by atomic mass is 10.2. The minimum Gasteiger partial charge on any atom is -0.515 e. The van der Waals surface area contributed by atoms with E-state index in [1.54, 1.807) is 6.92 Å². The highest BCUT2D eigenvalue weighted by Gasteiger charge is 2.04. The van der Waals surface area contributed by atoms with Gasteiger partial charge in [0.15, 0.2) is 0 Å². The summed E-state index contributed by atoms with van der Waals surface area (Å²) in [6, 6.07) is 2.50. The summed E-state index contributed by atoms with van der Waals surface area (Å²) in [7, 11) is 0. The van der Waals surface area contributed by atoms with Crippen LogP contribution in [0.1, 0.15) is 13.3 Å². The summed E-state index contributed by atoms with van der Waals surface area (Å²) in [4.78, 5) is 0. The Bertz CT molecular complexity index is 419. The average molecular weight is 196 g/mol. The van der Waals surface area contributed by atoms with E-state index in [9.17, 15) is 15.3 Å². The van der Waals surface area contributed by atoms with Crippen LogP contribution in [0.3, 0.4) is 0 Å². The van der Waals surface area contributed by atoms with Gasteiger partial charge in [0.1, 0.15) is 17.3 Å². The number of aliphatic hydroxyl groups excluding tert-OH is 2. The Kier molecular flexibility index (Phi) is 2.86. The summed E-state index contributed by atoms with van der Waals surface area (Å²) >= 11 is 0. The van der Waals surface area contributed by atoms with Gasteiger partial charge in [-0.1, -0.05) is 6.92 Å². The molecular formula is C10H12O4. The van der Waals surface area contributed by atoms with E-state index in [0.717, 1.165) is 6.26 Å². The summed E-state index contributed by atoms with van der Waals surface area (Å²) in [6.07, 6.45) is 1.06. The van der Waals surface area contributed by atoms with Crippen LogP contribution in [0.15, 0.2) is 12.1 Å². The molecule has 76 valence electrons. The quantitative estimate of drug-likeness (QED) is 0.526. The van der Waals surface area contributed by atoms with Crippen LogP contribution in [0.4, 0.5) is 0 Å². The lowest BCUT2D eigenvalue weighted by molar-refractivity contribution is 0.425. The number of phenols is 2. The molecule has 1 aromatic carbocycles.